The van der Waals surface area contributed by atoms with E-state index in [-0.39, 0.29) is 5.95 Å². The molecule has 2 rings (SSSR count). The Labute approximate surface area is 120 Å². The molecule has 6 nitrogen and oxygen atoms in total. The van der Waals surface area contributed by atoms with E-state index in [9.17, 15) is 0 Å². The lowest BCUT2D eigenvalue weighted by Gasteiger charge is -2.28. The Kier molecular flexibility index (Phi) is 5.38. The summed E-state index contributed by atoms with van der Waals surface area (Å²) in [7, 11) is 0. The summed E-state index contributed by atoms with van der Waals surface area (Å²) >= 11 is 0. The summed E-state index contributed by atoms with van der Waals surface area (Å²) in [5.41, 5.74) is 5.68. The number of rotatable bonds is 6. The van der Waals surface area contributed by atoms with E-state index in [1.807, 2.05) is 6.92 Å². The summed E-state index contributed by atoms with van der Waals surface area (Å²) in [6, 6.07) is 0.304. The van der Waals surface area contributed by atoms with Crippen molar-refractivity contribution in [2.75, 3.05) is 24.2 Å². The molecule has 0 bridgehead atoms. The van der Waals surface area contributed by atoms with Crippen LogP contribution in [0, 0.1) is 11.8 Å². The molecule has 1 fully saturated rings. The van der Waals surface area contributed by atoms with Crippen LogP contribution in [-0.2, 0) is 0 Å². The van der Waals surface area contributed by atoms with E-state index < -0.39 is 0 Å². The first-order valence-corrected chi connectivity index (χ1v) is 7.57. The van der Waals surface area contributed by atoms with Gasteiger partial charge in [0.05, 0.1) is 6.61 Å². The maximum atomic E-state index is 5.68. The van der Waals surface area contributed by atoms with Crippen LogP contribution in [0.15, 0.2) is 0 Å². The zero-order valence-corrected chi connectivity index (χ0v) is 12.4. The van der Waals surface area contributed by atoms with E-state index in [2.05, 4.69) is 27.2 Å². The average molecular weight is 279 g/mol. The van der Waals surface area contributed by atoms with Crippen molar-refractivity contribution < 1.29 is 4.74 Å². The summed E-state index contributed by atoms with van der Waals surface area (Å²) in [5, 5.41) is 3.28. The van der Waals surface area contributed by atoms with E-state index in [1.54, 1.807) is 0 Å². The molecule has 1 aliphatic rings. The molecule has 0 aromatic carbocycles. The van der Waals surface area contributed by atoms with Crippen LogP contribution in [-0.4, -0.2) is 28.1 Å². The molecule has 1 saturated carbocycles. The van der Waals surface area contributed by atoms with Gasteiger partial charge in [0.1, 0.15) is 0 Å². The molecule has 0 amide bonds. The molecular weight excluding hydrogens is 254 g/mol. The number of nitrogens with zero attached hydrogens (tertiary/aromatic N) is 3. The molecule has 20 heavy (non-hydrogen) atoms. The fraction of sp³-hybridized carbons (Fsp3) is 0.786. The van der Waals surface area contributed by atoms with Gasteiger partial charge in [-0.25, -0.2) is 0 Å². The number of anilines is 2. The Morgan fingerprint density at radius 1 is 1.25 bits per heavy atom. The SMILES string of the molecule is CCCOc1nc(N)nc(NCC2CCCCC2C)n1. The lowest BCUT2D eigenvalue weighted by atomic mass is 9.80. The lowest BCUT2D eigenvalue weighted by molar-refractivity contribution is 0.268. The third-order valence-electron chi connectivity index (χ3n) is 3.88. The van der Waals surface area contributed by atoms with Gasteiger partial charge in [0, 0.05) is 6.54 Å². The highest BCUT2D eigenvalue weighted by molar-refractivity contribution is 5.32. The number of ether oxygens (including phenoxy) is 1. The zero-order chi connectivity index (χ0) is 14.4. The van der Waals surface area contributed by atoms with Crippen LogP contribution < -0.4 is 15.8 Å². The molecule has 0 spiro atoms. The van der Waals surface area contributed by atoms with E-state index in [0.29, 0.717) is 24.5 Å². The van der Waals surface area contributed by atoms with Crippen LogP contribution in [0.4, 0.5) is 11.9 Å². The number of nitrogens with one attached hydrogen (secondary N) is 1. The third-order valence-corrected chi connectivity index (χ3v) is 3.88. The largest absolute Gasteiger partial charge is 0.463 e. The first-order valence-electron chi connectivity index (χ1n) is 7.57. The summed E-state index contributed by atoms with van der Waals surface area (Å²) in [6.07, 6.45) is 6.17. The van der Waals surface area contributed by atoms with Crippen LogP contribution in [0.3, 0.4) is 0 Å². The fourth-order valence-corrected chi connectivity index (χ4v) is 2.63. The average Bonchev–Trinajstić information content (AvgIpc) is 2.44. The fourth-order valence-electron chi connectivity index (χ4n) is 2.63. The molecule has 1 aromatic rings. The van der Waals surface area contributed by atoms with E-state index in [4.69, 9.17) is 10.5 Å². The van der Waals surface area contributed by atoms with Gasteiger partial charge in [-0.1, -0.05) is 33.1 Å². The Morgan fingerprint density at radius 3 is 2.80 bits per heavy atom. The van der Waals surface area contributed by atoms with Crippen molar-refractivity contribution >= 4 is 11.9 Å². The summed E-state index contributed by atoms with van der Waals surface area (Å²) in [6.45, 7) is 5.83. The normalized spacial score (nSPS) is 22.5. The number of hydrogen-bond acceptors (Lipinski definition) is 6. The second-order valence-corrected chi connectivity index (χ2v) is 5.55. The van der Waals surface area contributed by atoms with Crippen molar-refractivity contribution in [3.8, 4) is 6.01 Å². The van der Waals surface area contributed by atoms with Gasteiger partial charge in [-0.15, -0.1) is 0 Å². The molecule has 1 aromatic heterocycles. The first kappa shape index (κ1) is 14.8. The Hall–Kier alpha value is -1.59. The Bertz CT molecular complexity index is 426. The van der Waals surface area contributed by atoms with Gasteiger partial charge in [-0.05, 0) is 24.7 Å². The van der Waals surface area contributed by atoms with Crippen LogP contribution in [0.5, 0.6) is 6.01 Å². The zero-order valence-electron chi connectivity index (χ0n) is 12.4. The monoisotopic (exact) mass is 279 g/mol. The highest BCUT2D eigenvalue weighted by Crippen LogP contribution is 2.29. The van der Waals surface area contributed by atoms with Crippen molar-refractivity contribution in [1.82, 2.24) is 15.0 Å². The Balaban J connectivity index is 1.92. The minimum absolute atomic E-state index is 0.199. The number of hydrogen-bond donors (Lipinski definition) is 2. The molecule has 3 N–H and O–H groups in total. The number of aromatic nitrogens is 3. The molecule has 0 radical (unpaired) electrons. The molecular formula is C14H25N5O. The van der Waals surface area contributed by atoms with Gasteiger partial charge in [0.15, 0.2) is 0 Å². The van der Waals surface area contributed by atoms with Crippen molar-refractivity contribution in [2.24, 2.45) is 11.8 Å². The van der Waals surface area contributed by atoms with Gasteiger partial charge >= 0.3 is 6.01 Å². The van der Waals surface area contributed by atoms with Crippen molar-refractivity contribution in [3.05, 3.63) is 0 Å². The highest BCUT2D eigenvalue weighted by atomic mass is 16.5. The van der Waals surface area contributed by atoms with Gasteiger partial charge in [-0.2, -0.15) is 15.0 Å². The van der Waals surface area contributed by atoms with Crippen LogP contribution in [0.1, 0.15) is 46.0 Å². The smallest absolute Gasteiger partial charge is 0.323 e. The summed E-state index contributed by atoms with van der Waals surface area (Å²) < 4.78 is 5.41. The number of nitrogens with two attached hydrogens (primary N) is 1. The minimum Gasteiger partial charge on any atom is -0.463 e. The maximum absolute atomic E-state index is 5.68. The van der Waals surface area contributed by atoms with Gasteiger partial charge in [0.2, 0.25) is 11.9 Å². The predicted molar refractivity (Wildman–Crippen MR) is 79.6 cm³/mol. The van der Waals surface area contributed by atoms with Gasteiger partial charge in [-0.3, -0.25) is 0 Å². The van der Waals surface area contributed by atoms with Crippen LogP contribution in [0.25, 0.3) is 0 Å². The van der Waals surface area contributed by atoms with Crippen molar-refractivity contribution in [1.29, 1.82) is 0 Å². The quantitative estimate of drug-likeness (QED) is 0.832. The molecule has 112 valence electrons. The second-order valence-electron chi connectivity index (χ2n) is 5.55. The summed E-state index contributed by atoms with van der Waals surface area (Å²) in [4.78, 5) is 12.3. The minimum atomic E-state index is 0.199. The van der Waals surface area contributed by atoms with Crippen molar-refractivity contribution in [2.45, 2.75) is 46.0 Å². The maximum Gasteiger partial charge on any atom is 0.323 e. The first-order chi connectivity index (χ1) is 9.69. The van der Waals surface area contributed by atoms with E-state index >= 15 is 0 Å². The van der Waals surface area contributed by atoms with Crippen LogP contribution >= 0.6 is 0 Å². The number of nitrogen functional groups attached to an aromatic ring is 1. The lowest BCUT2D eigenvalue weighted by Crippen LogP contribution is -2.25. The van der Waals surface area contributed by atoms with Gasteiger partial charge < -0.3 is 15.8 Å². The van der Waals surface area contributed by atoms with E-state index in [1.165, 1.54) is 25.7 Å². The Morgan fingerprint density at radius 2 is 2.05 bits per heavy atom. The van der Waals surface area contributed by atoms with Gasteiger partial charge in [0.25, 0.3) is 0 Å². The second kappa shape index (κ2) is 7.26. The topological polar surface area (TPSA) is 86.0 Å². The molecule has 1 aliphatic carbocycles. The molecule has 0 aliphatic heterocycles. The third kappa shape index (κ3) is 4.21. The predicted octanol–water partition coefficient (Wildman–Crippen LogP) is 2.48. The molecule has 0 saturated heterocycles. The molecule has 1 heterocycles. The molecule has 6 heteroatoms. The highest BCUT2D eigenvalue weighted by Gasteiger charge is 2.21. The molecule has 2 unspecified atom stereocenters. The standard InChI is InChI=1S/C14H25N5O/c1-3-8-20-14-18-12(15)17-13(19-14)16-9-11-7-5-4-6-10(11)2/h10-11H,3-9H2,1-2H3,(H3,15,16,17,18,19). The van der Waals surface area contributed by atoms with E-state index in [0.717, 1.165) is 18.9 Å². The van der Waals surface area contributed by atoms with Crippen LogP contribution in [0.2, 0.25) is 0 Å². The van der Waals surface area contributed by atoms with Crippen molar-refractivity contribution in [3.63, 3.8) is 0 Å². The molecule has 2 atom stereocenters. The summed E-state index contributed by atoms with van der Waals surface area (Å²) in [5.74, 6) is 2.15.